The third-order valence-corrected chi connectivity index (χ3v) is 6.71. The highest BCUT2D eigenvalue weighted by Gasteiger charge is 2.44. The van der Waals surface area contributed by atoms with Crippen LogP contribution in [-0.4, -0.2) is 30.9 Å². The van der Waals surface area contributed by atoms with E-state index in [0.717, 1.165) is 22.4 Å². The Labute approximate surface area is 207 Å². The minimum Gasteiger partial charge on any atom is -0.489 e. The molecule has 6 heteroatoms. The Kier molecular flexibility index (Phi) is 7.00. The number of hydrogen-bond acceptors (Lipinski definition) is 6. The number of carbonyl (C=O) groups excluding carboxylic acids is 1. The van der Waals surface area contributed by atoms with Crippen LogP contribution >= 0.6 is 0 Å². The zero-order valence-electron chi connectivity index (χ0n) is 20.9. The van der Waals surface area contributed by atoms with Gasteiger partial charge in [-0.3, -0.25) is 4.79 Å². The molecule has 0 saturated carbocycles. The highest BCUT2D eigenvalue weighted by molar-refractivity contribution is 6.00. The molecule has 182 valence electrons. The fourth-order valence-corrected chi connectivity index (χ4v) is 5.14. The molecule has 4 rings (SSSR count). The first-order chi connectivity index (χ1) is 16.8. The van der Waals surface area contributed by atoms with Crippen LogP contribution in [0.3, 0.4) is 0 Å². The molecule has 6 nitrogen and oxygen atoms in total. The Morgan fingerprint density at radius 3 is 2.66 bits per heavy atom. The number of allylic oxidation sites excluding steroid dienone is 3. The molecule has 1 aliphatic heterocycles. The van der Waals surface area contributed by atoms with Crippen LogP contribution in [0.4, 0.5) is 0 Å². The SMILES string of the molecule is COCCN1C(N)=C(C#N)[C@H](c2ccccc2OCc2cccc(C)c2)C2=C1CC(C)(C)CC2=O. The Morgan fingerprint density at radius 2 is 1.94 bits per heavy atom. The van der Waals surface area contributed by atoms with Crippen molar-refractivity contribution in [3.63, 3.8) is 0 Å². The molecule has 0 radical (unpaired) electrons. The van der Waals surface area contributed by atoms with Crippen LogP contribution < -0.4 is 10.5 Å². The average molecular weight is 472 g/mol. The maximum atomic E-state index is 13.6. The van der Waals surface area contributed by atoms with Crippen molar-refractivity contribution in [3.05, 3.63) is 87.9 Å². The lowest BCUT2D eigenvalue weighted by Gasteiger charge is -2.44. The van der Waals surface area contributed by atoms with Crippen LogP contribution in [0.25, 0.3) is 0 Å². The number of nitrogens with two attached hydrogens (primary N) is 1. The second-order valence-electron chi connectivity index (χ2n) is 10.1. The van der Waals surface area contributed by atoms with E-state index in [1.54, 1.807) is 7.11 Å². The Bertz CT molecular complexity index is 1240. The van der Waals surface area contributed by atoms with Crippen LogP contribution in [0.5, 0.6) is 5.75 Å². The number of Topliss-reactive ketones (excluding diaryl/α,β-unsaturated/α-hetero) is 1. The molecule has 1 heterocycles. The number of ether oxygens (including phenoxy) is 2. The van der Waals surface area contributed by atoms with Gasteiger partial charge in [-0.15, -0.1) is 0 Å². The Morgan fingerprint density at radius 1 is 1.17 bits per heavy atom. The summed E-state index contributed by atoms with van der Waals surface area (Å²) < 4.78 is 11.6. The molecule has 0 saturated heterocycles. The van der Waals surface area contributed by atoms with Gasteiger partial charge in [0, 0.05) is 36.9 Å². The topological polar surface area (TPSA) is 88.6 Å². The van der Waals surface area contributed by atoms with Gasteiger partial charge < -0.3 is 20.1 Å². The standard InChI is InChI=1S/C29H33N3O3/c1-19-8-7-9-20(14-19)18-35-25-11-6-5-10-21(25)26-22(17-30)28(31)32(12-13-34-4)23-15-29(2,3)16-24(33)27(23)26/h5-11,14,26H,12-13,15-16,18,31H2,1-4H3/t26-/m0/s1. The Hall–Kier alpha value is -3.56. The summed E-state index contributed by atoms with van der Waals surface area (Å²) in [6.07, 6.45) is 1.12. The summed E-state index contributed by atoms with van der Waals surface area (Å²) >= 11 is 0. The van der Waals surface area contributed by atoms with Crippen molar-refractivity contribution in [1.29, 1.82) is 5.26 Å². The van der Waals surface area contributed by atoms with E-state index in [1.807, 2.05) is 54.3 Å². The van der Waals surface area contributed by atoms with Gasteiger partial charge in [-0.05, 0) is 30.4 Å². The molecular weight excluding hydrogens is 438 g/mol. The first kappa shape index (κ1) is 24.6. The van der Waals surface area contributed by atoms with E-state index in [2.05, 4.69) is 26.0 Å². The number of nitrogens with zero attached hydrogens (tertiary/aromatic N) is 2. The minimum atomic E-state index is -0.564. The fraction of sp³-hybridized carbons (Fsp3) is 0.379. The normalized spacial score (nSPS) is 19.5. The molecule has 0 bridgehead atoms. The third kappa shape index (κ3) is 4.96. The van der Waals surface area contributed by atoms with Crippen LogP contribution in [0, 0.1) is 23.7 Å². The number of ketones is 1. The summed E-state index contributed by atoms with van der Waals surface area (Å²) in [4.78, 5) is 15.5. The quantitative estimate of drug-likeness (QED) is 0.614. The van der Waals surface area contributed by atoms with Crippen molar-refractivity contribution in [2.24, 2.45) is 11.1 Å². The summed E-state index contributed by atoms with van der Waals surface area (Å²) in [6, 6.07) is 18.1. The third-order valence-electron chi connectivity index (χ3n) is 6.71. The number of aryl methyl sites for hydroxylation is 1. The van der Waals surface area contributed by atoms with E-state index in [0.29, 0.717) is 55.3 Å². The van der Waals surface area contributed by atoms with Crippen molar-refractivity contribution in [2.45, 2.75) is 46.1 Å². The van der Waals surface area contributed by atoms with Crippen molar-refractivity contribution in [1.82, 2.24) is 4.90 Å². The summed E-state index contributed by atoms with van der Waals surface area (Å²) in [5.74, 6) is 0.519. The largest absolute Gasteiger partial charge is 0.489 e. The lowest BCUT2D eigenvalue weighted by molar-refractivity contribution is -0.118. The van der Waals surface area contributed by atoms with Crippen LogP contribution in [0.15, 0.2) is 71.2 Å². The van der Waals surface area contributed by atoms with Gasteiger partial charge >= 0.3 is 0 Å². The van der Waals surface area contributed by atoms with Crippen LogP contribution in [-0.2, 0) is 16.1 Å². The minimum absolute atomic E-state index is 0.0532. The smallest absolute Gasteiger partial charge is 0.162 e. The summed E-state index contributed by atoms with van der Waals surface area (Å²) in [6.45, 7) is 7.54. The number of carbonyl (C=O) groups is 1. The van der Waals surface area contributed by atoms with E-state index in [4.69, 9.17) is 15.2 Å². The average Bonchev–Trinajstić information content (AvgIpc) is 2.81. The zero-order valence-corrected chi connectivity index (χ0v) is 20.9. The molecule has 0 unspecified atom stereocenters. The molecular formula is C29H33N3O3. The second-order valence-corrected chi connectivity index (χ2v) is 10.1. The summed E-state index contributed by atoms with van der Waals surface area (Å²) in [7, 11) is 1.63. The number of nitriles is 1. The van der Waals surface area contributed by atoms with Crippen LogP contribution in [0.2, 0.25) is 0 Å². The molecule has 0 fully saturated rings. The highest BCUT2D eigenvalue weighted by Crippen LogP contribution is 2.50. The van der Waals surface area contributed by atoms with Crippen molar-refractivity contribution in [2.75, 3.05) is 20.3 Å². The molecule has 0 spiro atoms. The van der Waals surface area contributed by atoms with Gasteiger partial charge in [0.25, 0.3) is 0 Å². The molecule has 35 heavy (non-hydrogen) atoms. The number of para-hydroxylation sites is 1. The molecule has 2 aliphatic rings. The van der Waals surface area contributed by atoms with Gasteiger partial charge in [0.15, 0.2) is 5.78 Å². The molecule has 0 amide bonds. The number of benzene rings is 2. The highest BCUT2D eigenvalue weighted by atomic mass is 16.5. The van der Waals surface area contributed by atoms with E-state index in [-0.39, 0.29) is 11.2 Å². The van der Waals surface area contributed by atoms with Crippen molar-refractivity contribution in [3.8, 4) is 11.8 Å². The predicted octanol–water partition coefficient (Wildman–Crippen LogP) is 4.96. The predicted molar refractivity (Wildman–Crippen MR) is 135 cm³/mol. The van der Waals surface area contributed by atoms with Gasteiger partial charge in [-0.2, -0.15) is 5.26 Å². The molecule has 2 aromatic carbocycles. The zero-order chi connectivity index (χ0) is 25.2. The molecule has 0 aromatic heterocycles. The van der Waals surface area contributed by atoms with E-state index in [9.17, 15) is 10.1 Å². The van der Waals surface area contributed by atoms with Gasteiger partial charge in [0.2, 0.25) is 0 Å². The maximum Gasteiger partial charge on any atom is 0.162 e. The van der Waals surface area contributed by atoms with E-state index < -0.39 is 5.92 Å². The molecule has 1 aliphatic carbocycles. The number of hydrogen-bond donors (Lipinski definition) is 1. The number of rotatable bonds is 7. The molecule has 1 atom stereocenters. The Balaban J connectivity index is 1.81. The van der Waals surface area contributed by atoms with Gasteiger partial charge in [0.1, 0.15) is 18.2 Å². The van der Waals surface area contributed by atoms with Gasteiger partial charge in [-0.1, -0.05) is 61.9 Å². The van der Waals surface area contributed by atoms with Crippen molar-refractivity contribution < 1.29 is 14.3 Å². The lowest BCUT2D eigenvalue weighted by Crippen LogP contribution is -2.43. The first-order valence-electron chi connectivity index (χ1n) is 12.0. The van der Waals surface area contributed by atoms with Crippen molar-refractivity contribution >= 4 is 5.78 Å². The van der Waals surface area contributed by atoms with Gasteiger partial charge in [0.05, 0.1) is 24.2 Å². The van der Waals surface area contributed by atoms with Crippen LogP contribution in [0.1, 0.15) is 49.3 Å². The van der Waals surface area contributed by atoms with E-state index in [1.165, 1.54) is 0 Å². The number of methoxy groups -OCH3 is 1. The summed E-state index contributed by atoms with van der Waals surface area (Å²) in [5, 5.41) is 10.2. The van der Waals surface area contributed by atoms with E-state index >= 15 is 0 Å². The fourth-order valence-electron chi connectivity index (χ4n) is 5.14. The lowest BCUT2D eigenvalue weighted by atomic mass is 9.68. The first-order valence-corrected chi connectivity index (χ1v) is 12.0. The molecule has 2 aromatic rings. The second kappa shape index (κ2) is 9.97. The van der Waals surface area contributed by atoms with Gasteiger partial charge in [-0.25, -0.2) is 0 Å². The summed E-state index contributed by atoms with van der Waals surface area (Å²) in [5.41, 5.74) is 11.3. The monoisotopic (exact) mass is 471 g/mol. The maximum absolute atomic E-state index is 13.6. The molecule has 2 N–H and O–H groups in total.